The SMILES string of the molecule is CCC.CCCCC.CCCCCCC. The Labute approximate surface area is 99.9 Å². The summed E-state index contributed by atoms with van der Waals surface area (Å²) in [5.41, 5.74) is 0. The van der Waals surface area contributed by atoms with Crippen molar-refractivity contribution in [3.8, 4) is 0 Å². The zero-order valence-electron chi connectivity index (χ0n) is 12.4. The van der Waals surface area contributed by atoms with Crippen molar-refractivity contribution in [1.29, 1.82) is 0 Å². The van der Waals surface area contributed by atoms with Gasteiger partial charge in [-0.3, -0.25) is 0 Å². The molecule has 0 unspecified atom stereocenters. The summed E-state index contributed by atoms with van der Waals surface area (Å²) >= 11 is 0. The van der Waals surface area contributed by atoms with E-state index in [2.05, 4.69) is 41.5 Å². The molecule has 0 atom stereocenters. The minimum absolute atomic E-state index is 1.25. The molecule has 0 aromatic rings. The van der Waals surface area contributed by atoms with Crippen LogP contribution in [0.2, 0.25) is 0 Å². The van der Waals surface area contributed by atoms with Crippen LogP contribution < -0.4 is 0 Å². The van der Waals surface area contributed by atoms with Crippen LogP contribution in [0, 0.1) is 0 Å². The monoisotopic (exact) mass is 216 g/mol. The highest BCUT2D eigenvalue weighted by atomic mass is 13.9. The molecule has 0 heterocycles. The molecule has 0 saturated heterocycles. The smallest absolute Gasteiger partial charge is 0.0533 e. The lowest BCUT2D eigenvalue weighted by molar-refractivity contribution is 0.656. The van der Waals surface area contributed by atoms with E-state index < -0.39 is 0 Å². The quantitative estimate of drug-likeness (QED) is 0.439. The van der Waals surface area contributed by atoms with E-state index in [4.69, 9.17) is 0 Å². The lowest BCUT2D eigenvalue weighted by Gasteiger charge is -1.90. The third-order valence-corrected chi connectivity index (χ3v) is 1.91. The number of hydrogen-bond acceptors (Lipinski definition) is 0. The van der Waals surface area contributed by atoms with Crippen LogP contribution in [-0.2, 0) is 0 Å². The molecule has 0 aromatic carbocycles. The summed E-state index contributed by atoms with van der Waals surface area (Å²) in [6, 6.07) is 0. The normalized spacial score (nSPS) is 8.40. The highest BCUT2D eigenvalue weighted by Gasteiger charge is 1.80. The zero-order valence-corrected chi connectivity index (χ0v) is 12.4. The number of rotatable bonds is 6. The van der Waals surface area contributed by atoms with Crippen molar-refractivity contribution >= 4 is 0 Å². The van der Waals surface area contributed by atoms with Gasteiger partial charge in [-0.15, -0.1) is 0 Å². The molecule has 0 spiro atoms. The predicted molar refractivity (Wildman–Crippen MR) is 75.6 cm³/mol. The fourth-order valence-corrected chi connectivity index (χ4v) is 1.03. The zero-order chi connectivity index (χ0) is 12.4. The Hall–Kier alpha value is 0. The molecular formula is C15H36. The van der Waals surface area contributed by atoms with E-state index in [1.807, 2.05) is 0 Å². The third-order valence-electron chi connectivity index (χ3n) is 1.91. The van der Waals surface area contributed by atoms with Gasteiger partial charge in [0.05, 0.1) is 0 Å². The highest BCUT2D eigenvalue weighted by Crippen LogP contribution is 2.00. The van der Waals surface area contributed by atoms with Gasteiger partial charge >= 0.3 is 0 Å². The summed E-state index contributed by atoms with van der Waals surface area (Å²) in [5, 5.41) is 0. The first kappa shape index (κ1) is 20.4. The largest absolute Gasteiger partial charge is 0.0656 e. The van der Waals surface area contributed by atoms with Crippen LogP contribution in [0.15, 0.2) is 0 Å². The van der Waals surface area contributed by atoms with Crippen LogP contribution in [0.1, 0.15) is 99.3 Å². The first-order chi connectivity index (χ1) is 7.24. The molecule has 0 aliphatic rings. The van der Waals surface area contributed by atoms with Gasteiger partial charge in [0.15, 0.2) is 0 Å². The molecule has 0 heteroatoms. The Morgan fingerprint density at radius 1 is 0.400 bits per heavy atom. The molecule has 0 N–H and O–H groups in total. The minimum atomic E-state index is 1.25. The molecule has 0 aromatic heterocycles. The molecule has 0 saturated carbocycles. The van der Waals surface area contributed by atoms with Crippen molar-refractivity contribution in [3.63, 3.8) is 0 Å². The van der Waals surface area contributed by atoms with E-state index in [9.17, 15) is 0 Å². The lowest BCUT2D eigenvalue weighted by atomic mass is 10.2. The average molecular weight is 216 g/mol. The molecule has 0 amide bonds. The second kappa shape index (κ2) is 29.2. The Balaban J connectivity index is -0.000000158. The van der Waals surface area contributed by atoms with Crippen molar-refractivity contribution in [3.05, 3.63) is 0 Å². The van der Waals surface area contributed by atoms with E-state index in [0.29, 0.717) is 0 Å². The molecule has 0 aliphatic heterocycles. The first-order valence-electron chi connectivity index (χ1n) is 7.24. The van der Waals surface area contributed by atoms with E-state index in [1.54, 1.807) is 0 Å². The van der Waals surface area contributed by atoms with Crippen LogP contribution in [0.5, 0.6) is 0 Å². The summed E-state index contributed by atoms with van der Waals surface area (Å²) in [4.78, 5) is 0. The fraction of sp³-hybridized carbons (Fsp3) is 1.00. The van der Waals surface area contributed by atoms with Crippen molar-refractivity contribution < 1.29 is 0 Å². The summed E-state index contributed by atoms with van der Waals surface area (Å²) in [6.45, 7) is 13.2. The van der Waals surface area contributed by atoms with Gasteiger partial charge in [0, 0.05) is 0 Å². The van der Waals surface area contributed by atoms with E-state index in [1.165, 1.54) is 57.8 Å². The van der Waals surface area contributed by atoms with Crippen molar-refractivity contribution in [2.75, 3.05) is 0 Å². The molecule has 0 rings (SSSR count). The maximum atomic E-state index is 2.25. The molecular weight excluding hydrogens is 180 g/mol. The molecule has 0 bridgehead atoms. The van der Waals surface area contributed by atoms with Crippen molar-refractivity contribution in [2.24, 2.45) is 0 Å². The van der Waals surface area contributed by atoms with Gasteiger partial charge in [-0.1, -0.05) is 99.3 Å². The van der Waals surface area contributed by atoms with Crippen molar-refractivity contribution in [1.82, 2.24) is 0 Å². The molecule has 0 fully saturated rings. The average Bonchev–Trinajstić information content (AvgIpc) is 2.22. The second-order valence-corrected chi connectivity index (χ2v) is 4.12. The van der Waals surface area contributed by atoms with Crippen LogP contribution in [0.3, 0.4) is 0 Å². The van der Waals surface area contributed by atoms with Crippen molar-refractivity contribution in [2.45, 2.75) is 99.3 Å². The first-order valence-corrected chi connectivity index (χ1v) is 7.24. The molecule has 96 valence electrons. The van der Waals surface area contributed by atoms with E-state index in [-0.39, 0.29) is 0 Å². The Bertz CT molecular complexity index is 51.1. The summed E-state index contributed by atoms with van der Waals surface area (Å²) < 4.78 is 0. The number of unbranched alkanes of at least 4 members (excludes halogenated alkanes) is 6. The van der Waals surface area contributed by atoms with Crippen LogP contribution in [-0.4, -0.2) is 0 Å². The van der Waals surface area contributed by atoms with E-state index in [0.717, 1.165) is 0 Å². The molecule has 0 aliphatic carbocycles. The minimum Gasteiger partial charge on any atom is -0.0656 e. The predicted octanol–water partition coefficient (Wildman–Crippen LogP) is 6.59. The van der Waals surface area contributed by atoms with E-state index >= 15 is 0 Å². The van der Waals surface area contributed by atoms with Gasteiger partial charge < -0.3 is 0 Å². The Morgan fingerprint density at radius 2 is 0.667 bits per heavy atom. The topological polar surface area (TPSA) is 0 Å². The summed E-state index contributed by atoms with van der Waals surface area (Å²) in [5.74, 6) is 0. The number of hydrogen-bond donors (Lipinski definition) is 0. The molecule has 0 radical (unpaired) electrons. The standard InChI is InChI=1S/C7H16.C5H12.C3H8/c1-3-5-7-6-4-2;1-3-5-4-2;1-3-2/h3-7H2,1-2H3;3-5H2,1-2H3;3H2,1-2H3. The molecule has 0 nitrogen and oxygen atoms in total. The van der Waals surface area contributed by atoms with Gasteiger partial charge in [0.2, 0.25) is 0 Å². The van der Waals surface area contributed by atoms with Gasteiger partial charge in [0.25, 0.3) is 0 Å². The maximum absolute atomic E-state index is 2.25. The Morgan fingerprint density at radius 3 is 0.800 bits per heavy atom. The second-order valence-electron chi connectivity index (χ2n) is 4.12. The Kier molecular flexibility index (Phi) is 39.8. The summed E-state index contributed by atoms with van der Waals surface area (Å²) in [7, 11) is 0. The van der Waals surface area contributed by atoms with Crippen LogP contribution >= 0.6 is 0 Å². The third kappa shape index (κ3) is 56.0. The van der Waals surface area contributed by atoms with Crippen LogP contribution in [0.25, 0.3) is 0 Å². The van der Waals surface area contributed by atoms with Gasteiger partial charge in [-0.05, 0) is 0 Å². The maximum Gasteiger partial charge on any atom is -0.0533 e. The lowest BCUT2D eigenvalue weighted by Crippen LogP contribution is -1.70. The van der Waals surface area contributed by atoms with Gasteiger partial charge in [-0.2, -0.15) is 0 Å². The van der Waals surface area contributed by atoms with Gasteiger partial charge in [0.1, 0.15) is 0 Å². The van der Waals surface area contributed by atoms with Crippen LogP contribution in [0.4, 0.5) is 0 Å². The highest BCUT2D eigenvalue weighted by molar-refractivity contribution is 4.35. The van der Waals surface area contributed by atoms with Gasteiger partial charge in [-0.25, -0.2) is 0 Å². The fourth-order valence-electron chi connectivity index (χ4n) is 1.03. The summed E-state index contributed by atoms with van der Waals surface area (Å²) in [6.07, 6.45) is 12.3. The molecule has 15 heavy (non-hydrogen) atoms.